The Morgan fingerprint density at radius 3 is 2.26 bits per heavy atom. The summed E-state index contributed by atoms with van der Waals surface area (Å²) in [6.45, 7) is 12.5. The van der Waals surface area contributed by atoms with Crippen molar-refractivity contribution in [1.29, 1.82) is 0 Å². The van der Waals surface area contributed by atoms with Gasteiger partial charge in [0, 0.05) is 37.4 Å². The minimum absolute atomic E-state index is 0.0781. The fourth-order valence-corrected chi connectivity index (χ4v) is 3.99. The molecule has 0 saturated heterocycles. The molecule has 0 heterocycles. The van der Waals surface area contributed by atoms with E-state index in [4.69, 9.17) is 9.94 Å². The zero-order chi connectivity index (χ0) is 29.8. The molecule has 0 bridgehead atoms. The molecule has 0 aliphatic heterocycles. The van der Waals surface area contributed by atoms with E-state index in [-0.39, 0.29) is 24.7 Å². The van der Waals surface area contributed by atoms with E-state index in [0.29, 0.717) is 24.9 Å². The number of nitrogens with zero attached hydrogens (tertiary/aromatic N) is 1. The van der Waals surface area contributed by atoms with Gasteiger partial charge in [0.1, 0.15) is 12.5 Å². The third kappa shape index (κ3) is 11.6. The van der Waals surface area contributed by atoms with Gasteiger partial charge in [-0.25, -0.2) is 0 Å². The first-order chi connectivity index (χ1) is 18.1. The molecule has 0 radical (unpaired) electrons. The van der Waals surface area contributed by atoms with E-state index in [1.54, 1.807) is 25.1 Å². The molecule has 0 aromatic heterocycles. The molecule has 1 aromatic carbocycles. The van der Waals surface area contributed by atoms with Gasteiger partial charge in [-0.1, -0.05) is 71.0 Å². The molecule has 1 aromatic rings. The largest absolute Gasteiger partial charge is 0.481 e. The van der Waals surface area contributed by atoms with Crippen LogP contribution >= 0.6 is 0 Å². The monoisotopic (exact) mass is 548 g/mol. The van der Waals surface area contributed by atoms with Gasteiger partial charge >= 0.3 is 5.97 Å². The molecule has 10 nitrogen and oxygen atoms in total. The molecule has 0 aliphatic rings. The number of aliphatic hydroxyl groups is 1. The standard InChI is InChI=1S/C29H48N4O6/c1-20(25(37)31-22(19-34)14-15-24(35)36)16-17-33(8)39-27(28(2,3)4)32-26(38)23(18-30-7)29(5,6)21-12-10-9-11-13-21/h9-13,16,19,22-23,25,27,30-31,37H,14-15,17-18H2,1-8H3,(H,32,38)(H,35,36)/b20-16+. The fourth-order valence-electron chi connectivity index (χ4n) is 3.99. The Bertz CT molecular complexity index is 945. The highest BCUT2D eigenvalue weighted by Crippen LogP contribution is 2.32. The summed E-state index contributed by atoms with van der Waals surface area (Å²) in [5.41, 5.74) is 0.753. The minimum Gasteiger partial charge on any atom is -0.481 e. The first-order valence-electron chi connectivity index (χ1n) is 13.3. The number of hydrogen-bond donors (Lipinski definition) is 5. The molecule has 4 unspecified atom stereocenters. The number of carbonyl (C=O) groups excluding carboxylic acids is 2. The molecule has 5 N–H and O–H groups in total. The lowest BCUT2D eigenvalue weighted by Crippen LogP contribution is -2.54. The highest BCUT2D eigenvalue weighted by molar-refractivity contribution is 5.81. The summed E-state index contributed by atoms with van der Waals surface area (Å²) in [5.74, 6) is -1.50. The summed E-state index contributed by atoms with van der Waals surface area (Å²) in [4.78, 5) is 41.7. The number of nitrogens with one attached hydrogen (secondary N) is 3. The van der Waals surface area contributed by atoms with E-state index in [0.717, 1.165) is 5.56 Å². The van der Waals surface area contributed by atoms with E-state index >= 15 is 0 Å². The SMILES string of the molecule is CNCC(C(=O)NC(ON(C)C/C=C(\C)C(O)NC(C=O)CCC(=O)O)C(C)(C)C)C(C)(C)c1ccccc1. The fraction of sp³-hybridized carbons (Fsp3) is 0.621. The second-order valence-electron chi connectivity index (χ2n) is 11.6. The first kappa shape index (κ1) is 34.4. The van der Waals surface area contributed by atoms with Crippen LogP contribution in [0.4, 0.5) is 0 Å². The van der Waals surface area contributed by atoms with Crippen molar-refractivity contribution in [2.24, 2.45) is 11.3 Å². The Labute approximate surface area is 233 Å². The van der Waals surface area contributed by atoms with Crippen LogP contribution in [0.15, 0.2) is 42.0 Å². The number of carboxylic acid groups (broad SMARTS) is 1. The molecule has 0 fully saturated rings. The van der Waals surface area contributed by atoms with Gasteiger partial charge in [0.2, 0.25) is 5.91 Å². The van der Waals surface area contributed by atoms with Gasteiger partial charge in [0.15, 0.2) is 6.23 Å². The van der Waals surface area contributed by atoms with Crippen LogP contribution in [0.25, 0.3) is 0 Å². The maximum atomic E-state index is 13.6. The maximum absolute atomic E-state index is 13.6. The second kappa shape index (κ2) is 15.8. The third-order valence-electron chi connectivity index (χ3n) is 6.77. The van der Waals surface area contributed by atoms with Crippen LogP contribution in [0, 0.1) is 11.3 Å². The number of carbonyl (C=O) groups is 3. The van der Waals surface area contributed by atoms with Crippen molar-refractivity contribution < 1.29 is 29.4 Å². The van der Waals surface area contributed by atoms with E-state index in [1.807, 2.05) is 58.2 Å². The lowest BCUT2D eigenvalue weighted by Gasteiger charge is -2.38. The smallest absolute Gasteiger partial charge is 0.303 e. The van der Waals surface area contributed by atoms with Crippen molar-refractivity contribution >= 4 is 18.2 Å². The van der Waals surface area contributed by atoms with Crippen LogP contribution in [0.3, 0.4) is 0 Å². The predicted molar refractivity (Wildman–Crippen MR) is 152 cm³/mol. The number of amides is 1. The number of aldehydes is 1. The number of aliphatic carboxylic acids is 1. The van der Waals surface area contributed by atoms with E-state index in [2.05, 4.69) is 29.8 Å². The number of carboxylic acids is 1. The molecule has 1 amide bonds. The van der Waals surface area contributed by atoms with Gasteiger partial charge in [0.05, 0.1) is 12.0 Å². The average Bonchev–Trinajstić information content (AvgIpc) is 2.87. The van der Waals surface area contributed by atoms with Gasteiger partial charge in [-0.15, -0.1) is 0 Å². The summed E-state index contributed by atoms with van der Waals surface area (Å²) in [6.07, 6.45) is 0.470. The highest BCUT2D eigenvalue weighted by Gasteiger charge is 2.39. The highest BCUT2D eigenvalue weighted by atomic mass is 16.7. The Morgan fingerprint density at radius 2 is 1.74 bits per heavy atom. The van der Waals surface area contributed by atoms with Crippen LogP contribution in [-0.4, -0.2) is 79.1 Å². The van der Waals surface area contributed by atoms with Crippen molar-refractivity contribution in [3.05, 3.63) is 47.5 Å². The van der Waals surface area contributed by atoms with Gasteiger partial charge in [-0.05, 0) is 31.5 Å². The Hall–Kier alpha value is -2.63. The molecule has 0 aliphatic carbocycles. The van der Waals surface area contributed by atoms with Crippen molar-refractivity contribution in [2.75, 3.05) is 27.2 Å². The second-order valence-corrected chi connectivity index (χ2v) is 11.6. The van der Waals surface area contributed by atoms with Crippen molar-refractivity contribution in [2.45, 2.75) is 78.3 Å². The van der Waals surface area contributed by atoms with Gasteiger partial charge < -0.3 is 25.6 Å². The molecule has 4 atom stereocenters. The van der Waals surface area contributed by atoms with Gasteiger partial charge in [-0.2, -0.15) is 5.06 Å². The summed E-state index contributed by atoms with van der Waals surface area (Å²) in [6, 6.07) is 9.18. The number of hydroxylamine groups is 2. The zero-order valence-electron chi connectivity index (χ0n) is 24.7. The van der Waals surface area contributed by atoms with Crippen LogP contribution in [-0.2, 0) is 24.6 Å². The molecular weight excluding hydrogens is 500 g/mol. The molecule has 0 saturated carbocycles. The third-order valence-corrected chi connectivity index (χ3v) is 6.77. The number of benzene rings is 1. The van der Waals surface area contributed by atoms with E-state index in [1.165, 1.54) is 0 Å². The normalized spacial score (nSPS) is 15.9. The first-order valence-corrected chi connectivity index (χ1v) is 13.3. The van der Waals surface area contributed by atoms with Gasteiger partial charge in [0.25, 0.3) is 0 Å². The number of aliphatic hydroxyl groups excluding tert-OH is 1. The summed E-state index contributed by atoms with van der Waals surface area (Å²) < 4.78 is 0. The summed E-state index contributed by atoms with van der Waals surface area (Å²) >= 11 is 0. The molecule has 0 spiro atoms. The Balaban J connectivity index is 2.91. The van der Waals surface area contributed by atoms with E-state index < -0.39 is 35.3 Å². The van der Waals surface area contributed by atoms with Crippen LogP contribution in [0.2, 0.25) is 0 Å². The van der Waals surface area contributed by atoms with Crippen LogP contribution in [0.5, 0.6) is 0 Å². The molecule has 1 rings (SSSR count). The minimum atomic E-state index is -1.12. The van der Waals surface area contributed by atoms with Crippen LogP contribution in [0.1, 0.15) is 59.9 Å². The number of likely N-dealkylation sites (N-methyl/N-ethyl adjacent to an activating group) is 1. The number of hydrogen-bond acceptors (Lipinski definition) is 8. The van der Waals surface area contributed by atoms with Crippen LogP contribution < -0.4 is 16.0 Å². The average molecular weight is 549 g/mol. The molecule has 39 heavy (non-hydrogen) atoms. The zero-order valence-corrected chi connectivity index (χ0v) is 24.7. The van der Waals surface area contributed by atoms with Gasteiger partial charge in [-0.3, -0.25) is 19.7 Å². The summed E-state index contributed by atoms with van der Waals surface area (Å²) in [7, 11) is 3.56. The van der Waals surface area contributed by atoms with Crippen molar-refractivity contribution in [3.8, 4) is 0 Å². The molecule has 220 valence electrons. The lowest BCUT2D eigenvalue weighted by atomic mass is 9.72. The van der Waals surface area contributed by atoms with Crippen molar-refractivity contribution in [3.63, 3.8) is 0 Å². The summed E-state index contributed by atoms with van der Waals surface area (Å²) in [5, 5.41) is 29.8. The Kier molecular flexibility index (Phi) is 14.0. The molecule has 10 heteroatoms. The predicted octanol–water partition coefficient (Wildman–Crippen LogP) is 2.44. The number of rotatable bonds is 17. The topological polar surface area (TPSA) is 140 Å². The van der Waals surface area contributed by atoms with E-state index in [9.17, 15) is 19.5 Å². The molecular formula is C29H48N4O6. The quantitative estimate of drug-likeness (QED) is 0.0859. The maximum Gasteiger partial charge on any atom is 0.303 e. The lowest BCUT2D eigenvalue weighted by molar-refractivity contribution is -0.215. The van der Waals surface area contributed by atoms with Crippen molar-refractivity contribution in [1.82, 2.24) is 21.0 Å². The Morgan fingerprint density at radius 1 is 1.13 bits per heavy atom.